The van der Waals surface area contributed by atoms with Crippen molar-refractivity contribution < 1.29 is 9.53 Å². The molecule has 1 fully saturated rings. The largest absolute Gasteiger partial charge is 0.379 e. The molecule has 1 amide bonds. The van der Waals surface area contributed by atoms with Crippen LogP contribution in [0.15, 0.2) is 5.38 Å². The number of hydrogen-bond acceptors (Lipinski definition) is 6. The average molecular weight is 344 g/mol. The van der Waals surface area contributed by atoms with E-state index in [9.17, 15) is 4.79 Å². The van der Waals surface area contributed by atoms with Crippen molar-refractivity contribution in [2.45, 2.75) is 26.2 Å². The first-order chi connectivity index (χ1) is 10.4. The molecule has 7 heteroatoms. The van der Waals surface area contributed by atoms with Gasteiger partial charge in [0.1, 0.15) is 0 Å². The van der Waals surface area contributed by atoms with Crippen molar-refractivity contribution in [2.75, 3.05) is 49.7 Å². The number of hydrogen-bond donors (Lipinski definition) is 1. The number of amides is 1. The maximum Gasteiger partial charge on any atom is 0.236 e. The second-order valence-corrected chi connectivity index (χ2v) is 8.31. The molecule has 2 heterocycles. The minimum atomic E-state index is 0.0202. The van der Waals surface area contributed by atoms with Crippen LogP contribution in [0.1, 0.15) is 26.5 Å². The zero-order valence-corrected chi connectivity index (χ0v) is 15.2. The van der Waals surface area contributed by atoms with Gasteiger partial charge in [-0.05, 0) is 0 Å². The number of nitrogens with zero attached hydrogens (tertiary/aromatic N) is 2. The van der Waals surface area contributed by atoms with Gasteiger partial charge in [0, 0.05) is 36.2 Å². The molecule has 0 radical (unpaired) electrons. The molecule has 0 aromatic carbocycles. The topological polar surface area (TPSA) is 54.5 Å². The third kappa shape index (κ3) is 5.87. The fourth-order valence-electron chi connectivity index (χ4n) is 2.01. The van der Waals surface area contributed by atoms with Crippen LogP contribution in [0.5, 0.6) is 0 Å². The molecule has 5 nitrogen and oxygen atoms in total. The lowest BCUT2D eigenvalue weighted by Crippen LogP contribution is -2.37. The molecule has 0 aliphatic carbocycles. The Morgan fingerprint density at radius 3 is 2.82 bits per heavy atom. The van der Waals surface area contributed by atoms with E-state index in [0.717, 1.165) is 44.3 Å². The number of nitrogens with one attached hydrogen (secondary N) is 1. The fraction of sp³-hybridized carbons (Fsp3) is 0.733. The van der Waals surface area contributed by atoms with Crippen molar-refractivity contribution in [3.05, 3.63) is 11.1 Å². The number of thioether (sulfide) groups is 1. The third-order valence-corrected chi connectivity index (χ3v) is 5.10. The number of carbonyl (C=O) groups is 1. The predicted molar refractivity (Wildman–Crippen MR) is 94.0 cm³/mol. The number of aromatic nitrogens is 1. The van der Waals surface area contributed by atoms with Gasteiger partial charge in [0.05, 0.1) is 24.7 Å². The Hall–Kier alpha value is -0.630. The first-order valence-corrected chi connectivity index (χ1v) is 9.62. The third-order valence-electron chi connectivity index (χ3n) is 3.41. The molecular weight excluding hydrogens is 318 g/mol. The summed E-state index contributed by atoms with van der Waals surface area (Å²) < 4.78 is 5.32. The van der Waals surface area contributed by atoms with Crippen molar-refractivity contribution in [3.63, 3.8) is 0 Å². The van der Waals surface area contributed by atoms with Gasteiger partial charge in [-0.25, -0.2) is 4.98 Å². The summed E-state index contributed by atoms with van der Waals surface area (Å²) in [6, 6.07) is 0. The van der Waals surface area contributed by atoms with E-state index in [1.165, 1.54) is 11.3 Å². The summed E-state index contributed by atoms with van der Waals surface area (Å²) in [5, 5.41) is 5.60. The maximum atomic E-state index is 11.9. The molecule has 0 spiro atoms. The van der Waals surface area contributed by atoms with Crippen molar-refractivity contribution in [3.8, 4) is 0 Å². The van der Waals surface area contributed by atoms with Gasteiger partial charge in [0.25, 0.3) is 0 Å². The second kappa shape index (κ2) is 8.29. The van der Waals surface area contributed by atoms with Crippen LogP contribution >= 0.6 is 23.1 Å². The Balaban J connectivity index is 1.64. The van der Waals surface area contributed by atoms with Crippen molar-refractivity contribution in [1.82, 2.24) is 9.88 Å². The minimum Gasteiger partial charge on any atom is -0.379 e. The molecule has 22 heavy (non-hydrogen) atoms. The summed E-state index contributed by atoms with van der Waals surface area (Å²) in [6.45, 7) is 11.0. The monoisotopic (exact) mass is 343 g/mol. The van der Waals surface area contributed by atoms with Crippen LogP contribution in [-0.4, -0.2) is 60.1 Å². The van der Waals surface area contributed by atoms with Gasteiger partial charge in [0.2, 0.25) is 5.91 Å². The first-order valence-electron chi connectivity index (χ1n) is 7.59. The quantitative estimate of drug-likeness (QED) is 0.804. The van der Waals surface area contributed by atoms with E-state index in [2.05, 4.69) is 36.0 Å². The number of morpholine rings is 1. The number of rotatable bonds is 6. The van der Waals surface area contributed by atoms with Gasteiger partial charge in [-0.2, -0.15) is 11.8 Å². The van der Waals surface area contributed by atoms with E-state index in [4.69, 9.17) is 4.74 Å². The van der Waals surface area contributed by atoms with E-state index >= 15 is 0 Å². The SMILES string of the molecule is CC(C)(C)c1csc(NC(=O)CSCCN2CCOCC2)n1. The predicted octanol–water partition coefficient (Wildman–Crippen LogP) is 2.44. The zero-order chi connectivity index (χ0) is 16.0. The molecule has 1 N–H and O–H groups in total. The molecule has 1 aromatic heterocycles. The maximum absolute atomic E-state index is 11.9. The molecule has 0 unspecified atom stereocenters. The Bertz CT molecular complexity index is 479. The highest BCUT2D eigenvalue weighted by Crippen LogP contribution is 2.26. The zero-order valence-electron chi connectivity index (χ0n) is 13.6. The van der Waals surface area contributed by atoms with Crippen molar-refractivity contribution >= 4 is 34.1 Å². The van der Waals surface area contributed by atoms with Crippen LogP contribution in [0.4, 0.5) is 5.13 Å². The Kier molecular flexibility index (Phi) is 6.67. The Morgan fingerprint density at radius 2 is 2.18 bits per heavy atom. The average Bonchev–Trinajstić information content (AvgIpc) is 2.93. The van der Waals surface area contributed by atoms with Crippen LogP contribution < -0.4 is 5.32 Å². The number of carbonyl (C=O) groups excluding carboxylic acids is 1. The molecule has 0 saturated carbocycles. The Morgan fingerprint density at radius 1 is 1.45 bits per heavy atom. The van der Waals surface area contributed by atoms with Crippen LogP contribution in [0.2, 0.25) is 0 Å². The molecule has 0 atom stereocenters. The van der Waals surface area contributed by atoms with E-state index in [1.54, 1.807) is 11.8 Å². The van der Waals surface area contributed by atoms with Crippen LogP contribution in [0, 0.1) is 0 Å². The first kappa shape index (κ1) is 17.7. The lowest BCUT2D eigenvalue weighted by atomic mass is 9.93. The molecule has 124 valence electrons. The minimum absolute atomic E-state index is 0.0202. The summed E-state index contributed by atoms with van der Waals surface area (Å²) in [7, 11) is 0. The highest BCUT2D eigenvalue weighted by molar-refractivity contribution is 7.99. The lowest BCUT2D eigenvalue weighted by Gasteiger charge is -2.26. The Labute approximate surface area is 140 Å². The van der Waals surface area contributed by atoms with Gasteiger partial charge in [-0.1, -0.05) is 20.8 Å². The van der Waals surface area contributed by atoms with Crippen LogP contribution in [0.25, 0.3) is 0 Å². The summed E-state index contributed by atoms with van der Waals surface area (Å²) in [6.07, 6.45) is 0. The van der Waals surface area contributed by atoms with Crippen LogP contribution in [0.3, 0.4) is 0 Å². The van der Waals surface area contributed by atoms with Gasteiger partial charge in [-0.3, -0.25) is 9.69 Å². The lowest BCUT2D eigenvalue weighted by molar-refractivity contribution is -0.113. The molecule has 1 saturated heterocycles. The highest BCUT2D eigenvalue weighted by Gasteiger charge is 2.18. The van der Waals surface area contributed by atoms with Crippen molar-refractivity contribution in [2.24, 2.45) is 0 Å². The summed E-state index contributed by atoms with van der Waals surface area (Å²) in [5.74, 6) is 1.48. The molecule has 1 aliphatic rings. The van der Waals surface area contributed by atoms with Gasteiger partial charge in [0.15, 0.2) is 5.13 Å². The number of thiazole rings is 1. The standard InChI is InChI=1S/C15H25N3O2S2/c1-15(2,3)12-10-22-14(16-12)17-13(19)11-21-9-6-18-4-7-20-8-5-18/h10H,4-9,11H2,1-3H3,(H,16,17,19). The van der Waals surface area contributed by atoms with E-state index in [1.807, 2.05) is 5.38 Å². The molecule has 0 bridgehead atoms. The van der Waals surface area contributed by atoms with Crippen molar-refractivity contribution in [1.29, 1.82) is 0 Å². The molecule has 2 rings (SSSR count). The van der Waals surface area contributed by atoms with E-state index in [-0.39, 0.29) is 11.3 Å². The van der Waals surface area contributed by atoms with Gasteiger partial charge < -0.3 is 10.1 Å². The fourth-order valence-corrected chi connectivity index (χ4v) is 3.76. The van der Waals surface area contributed by atoms with E-state index < -0.39 is 0 Å². The highest BCUT2D eigenvalue weighted by atomic mass is 32.2. The molecule has 1 aliphatic heterocycles. The normalized spacial score (nSPS) is 16.7. The summed E-state index contributed by atoms with van der Waals surface area (Å²) in [4.78, 5) is 18.8. The molecular formula is C15H25N3O2S2. The molecule has 1 aromatic rings. The second-order valence-electron chi connectivity index (χ2n) is 6.34. The van der Waals surface area contributed by atoms with Crippen LogP contribution in [-0.2, 0) is 14.9 Å². The number of anilines is 1. The summed E-state index contributed by atoms with van der Waals surface area (Å²) >= 11 is 3.16. The van der Waals surface area contributed by atoms with Gasteiger partial charge in [-0.15, -0.1) is 11.3 Å². The smallest absolute Gasteiger partial charge is 0.236 e. The van der Waals surface area contributed by atoms with Gasteiger partial charge >= 0.3 is 0 Å². The summed E-state index contributed by atoms with van der Waals surface area (Å²) in [5.41, 5.74) is 1.04. The van der Waals surface area contributed by atoms with E-state index in [0.29, 0.717) is 10.9 Å². The number of ether oxygens (including phenoxy) is 1.